The van der Waals surface area contributed by atoms with Crippen molar-refractivity contribution in [3.05, 3.63) is 11.1 Å². The van der Waals surface area contributed by atoms with E-state index in [1.807, 2.05) is 13.8 Å². The molecule has 0 radical (unpaired) electrons. The van der Waals surface area contributed by atoms with Crippen molar-refractivity contribution in [2.75, 3.05) is 13.2 Å². The summed E-state index contributed by atoms with van der Waals surface area (Å²) in [5.41, 5.74) is -1.55. The molecule has 1 aliphatic rings. The lowest BCUT2D eigenvalue weighted by Gasteiger charge is -2.37. The quantitative estimate of drug-likeness (QED) is 0.454. The molecule has 1 heterocycles. The molecule has 0 aromatic rings. The van der Waals surface area contributed by atoms with Crippen LogP contribution in [0, 0.1) is 5.41 Å². The Morgan fingerprint density at radius 1 is 1.12 bits per heavy atom. The van der Waals surface area contributed by atoms with Gasteiger partial charge in [-0.25, -0.2) is 0 Å². The Morgan fingerprint density at radius 2 is 1.58 bits per heavy atom. The van der Waals surface area contributed by atoms with Crippen LogP contribution < -0.4 is 0 Å². The van der Waals surface area contributed by atoms with Crippen molar-refractivity contribution in [3.63, 3.8) is 0 Å². The number of hydrogen-bond donors (Lipinski definition) is 0. The molecule has 0 aromatic carbocycles. The second-order valence-corrected chi connectivity index (χ2v) is 7.10. The van der Waals surface area contributed by atoms with Gasteiger partial charge in [0, 0.05) is 12.8 Å². The van der Waals surface area contributed by atoms with E-state index < -0.39 is 23.6 Å². The fourth-order valence-corrected chi connectivity index (χ4v) is 3.32. The van der Waals surface area contributed by atoms with Crippen LogP contribution in [0.5, 0.6) is 0 Å². The Balaban J connectivity index is 3.14. The maximum Gasteiger partial charge on any atom is 0.324 e. The summed E-state index contributed by atoms with van der Waals surface area (Å²) in [6.07, 6.45) is 0.0964. The Hall–Kier alpha value is -0.920. The molecule has 0 spiro atoms. The molecule has 1 saturated heterocycles. The molecule has 6 nitrogen and oxygen atoms in total. The number of allylic oxidation sites excluding steroid dienone is 1. The van der Waals surface area contributed by atoms with Crippen molar-refractivity contribution in [1.82, 2.24) is 0 Å². The van der Waals surface area contributed by atoms with Gasteiger partial charge in [0.25, 0.3) is 0 Å². The van der Waals surface area contributed by atoms with Crippen LogP contribution in [0.25, 0.3) is 0 Å². The van der Waals surface area contributed by atoms with E-state index in [4.69, 9.17) is 18.9 Å². The highest BCUT2D eigenvalue weighted by atomic mass is 79.9. The maximum absolute atomic E-state index is 12.7. The van der Waals surface area contributed by atoms with E-state index in [0.29, 0.717) is 4.48 Å². The molecule has 0 saturated carbocycles. The molecule has 2 atom stereocenters. The van der Waals surface area contributed by atoms with Crippen molar-refractivity contribution in [2.45, 2.75) is 65.5 Å². The van der Waals surface area contributed by atoms with Crippen LogP contribution in [0.15, 0.2) is 11.1 Å². The van der Waals surface area contributed by atoms with Crippen LogP contribution in [-0.4, -0.2) is 43.7 Å². The van der Waals surface area contributed by atoms with Gasteiger partial charge in [-0.2, -0.15) is 0 Å². The summed E-state index contributed by atoms with van der Waals surface area (Å²) in [7, 11) is 0. The van der Waals surface area contributed by atoms with Gasteiger partial charge >= 0.3 is 11.9 Å². The summed E-state index contributed by atoms with van der Waals surface area (Å²) in [6, 6.07) is 0. The number of carbonyl (C=O) groups excluding carboxylic acids is 2. The van der Waals surface area contributed by atoms with Gasteiger partial charge in [-0.1, -0.05) is 22.5 Å². The zero-order valence-corrected chi connectivity index (χ0v) is 16.4. The van der Waals surface area contributed by atoms with Crippen LogP contribution >= 0.6 is 15.9 Å². The Morgan fingerprint density at radius 3 is 1.96 bits per heavy atom. The molecule has 0 unspecified atom stereocenters. The third-order valence-corrected chi connectivity index (χ3v) is 4.05. The van der Waals surface area contributed by atoms with Gasteiger partial charge in [0.1, 0.15) is 0 Å². The molecule has 0 bridgehead atoms. The van der Waals surface area contributed by atoms with Gasteiger partial charge in [0.2, 0.25) is 0 Å². The molecule has 0 amide bonds. The van der Waals surface area contributed by atoms with Crippen molar-refractivity contribution < 1.29 is 28.5 Å². The largest absolute Gasteiger partial charge is 0.465 e. The van der Waals surface area contributed by atoms with Gasteiger partial charge in [-0.15, -0.1) is 0 Å². The van der Waals surface area contributed by atoms with E-state index in [9.17, 15) is 9.59 Å². The molecule has 1 aliphatic heterocycles. The second kappa shape index (κ2) is 9.53. The lowest BCUT2D eigenvalue weighted by molar-refractivity contribution is -0.248. The smallest absolute Gasteiger partial charge is 0.324 e. The number of hydrogen-bond acceptors (Lipinski definition) is 6. The maximum atomic E-state index is 12.7. The molecular weight excluding hydrogens is 380 g/mol. The molecular formula is C17H27BrO6. The highest BCUT2D eigenvalue weighted by Crippen LogP contribution is 2.39. The third kappa shape index (κ3) is 5.57. The predicted octanol–water partition coefficient (Wildman–Crippen LogP) is 3.33. The average Bonchev–Trinajstić information content (AvgIpc) is 2.45. The second-order valence-electron chi connectivity index (χ2n) is 5.98. The van der Waals surface area contributed by atoms with E-state index in [-0.39, 0.29) is 38.3 Å². The van der Waals surface area contributed by atoms with Crippen LogP contribution in [0.1, 0.15) is 47.0 Å². The summed E-state index contributed by atoms with van der Waals surface area (Å²) in [4.78, 5) is 25.3. The molecule has 0 N–H and O–H groups in total. The van der Waals surface area contributed by atoms with Gasteiger partial charge in [0.05, 0.1) is 25.4 Å². The first-order chi connectivity index (χ1) is 11.2. The Kier molecular flexibility index (Phi) is 8.39. The minimum Gasteiger partial charge on any atom is -0.465 e. The Bertz CT molecular complexity index is 436. The fourth-order valence-electron chi connectivity index (χ4n) is 2.84. The average molecular weight is 407 g/mol. The van der Waals surface area contributed by atoms with Gasteiger partial charge in [0.15, 0.2) is 11.7 Å². The normalized spacial score (nSPS) is 24.3. The first-order valence-electron chi connectivity index (χ1n) is 8.23. The molecule has 138 valence electrons. The van der Waals surface area contributed by atoms with E-state index in [0.717, 1.165) is 6.42 Å². The van der Waals surface area contributed by atoms with E-state index in [2.05, 4.69) is 22.5 Å². The molecule has 24 heavy (non-hydrogen) atoms. The molecule has 7 heteroatoms. The number of rotatable bonds is 8. The van der Waals surface area contributed by atoms with E-state index in [1.165, 1.54) is 0 Å². The van der Waals surface area contributed by atoms with Crippen LogP contribution in [0.2, 0.25) is 0 Å². The third-order valence-electron chi connectivity index (χ3n) is 3.77. The van der Waals surface area contributed by atoms with Crippen molar-refractivity contribution in [2.24, 2.45) is 5.41 Å². The first kappa shape index (κ1) is 21.1. The molecule has 1 fully saturated rings. The van der Waals surface area contributed by atoms with Crippen molar-refractivity contribution >= 4 is 27.9 Å². The number of halogens is 1. The SMILES string of the molecule is C=C(Br)CC(CC1O[C@H](C)C[C@@H](C)O1)(C(=O)OCC)C(=O)OCC. The lowest BCUT2D eigenvalue weighted by Crippen LogP contribution is -2.48. The van der Waals surface area contributed by atoms with Crippen molar-refractivity contribution in [3.8, 4) is 0 Å². The highest BCUT2D eigenvalue weighted by molar-refractivity contribution is 9.11. The minimum atomic E-state index is -1.55. The number of carbonyl (C=O) groups is 2. The topological polar surface area (TPSA) is 71.1 Å². The van der Waals surface area contributed by atoms with Crippen LogP contribution in [0.4, 0.5) is 0 Å². The molecule has 0 aliphatic carbocycles. The summed E-state index contributed by atoms with van der Waals surface area (Å²) in [5.74, 6) is -1.30. The van der Waals surface area contributed by atoms with Crippen LogP contribution in [-0.2, 0) is 28.5 Å². The summed E-state index contributed by atoms with van der Waals surface area (Å²) in [5, 5.41) is 0. The van der Waals surface area contributed by atoms with E-state index in [1.54, 1.807) is 13.8 Å². The monoisotopic (exact) mass is 406 g/mol. The van der Waals surface area contributed by atoms with Gasteiger partial charge in [-0.3, -0.25) is 9.59 Å². The number of esters is 2. The first-order valence-corrected chi connectivity index (χ1v) is 9.03. The minimum absolute atomic E-state index is 0.0178. The highest BCUT2D eigenvalue weighted by Gasteiger charge is 2.51. The standard InChI is InChI=1S/C17H27BrO6/c1-6-21-15(19)17(9-11(3)18,16(20)22-7-2)10-14-23-12(4)8-13(5)24-14/h12-14H,3,6-10H2,1-2,4-5H3/t12-,13-/m1/s1. The Labute approximate surface area is 152 Å². The molecule has 0 aromatic heterocycles. The zero-order valence-electron chi connectivity index (χ0n) is 14.8. The van der Waals surface area contributed by atoms with Crippen LogP contribution in [0.3, 0.4) is 0 Å². The predicted molar refractivity (Wildman–Crippen MR) is 92.5 cm³/mol. The number of ether oxygens (including phenoxy) is 4. The molecule has 1 rings (SSSR count). The fraction of sp³-hybridized carbons (Fsp3) is 0.765. The summed E-state index contributed by atoms with van der Waals surface area (Å²) >= 11 is 3.25. The summed E-state index contributed by atoms with van der Waals surface area (Å²) in [6.45, 7) is 11.3. The van der Waals surface area contributed by atoms with Crippen molar-refractivity contribution in [1.29, 1.82) is 0 Å². The summed E-state index contributed by atoms with van der Waals surface area (Å²) < 4.78 is 22.4. The van der Waals surface area contributed by atoms with Gasteiger partial charge < -0.3 is 18.9 Å². The zero-order chi connectivity index (χ0) is 18.3. The lowest BCUT2D eigenvalue weighted by atomic mass is 9.80. The van der Waals surface area contributed by atoms with E-state index >= 15 is 0 Å². The van der Waals surface area contributed by atoms with Gasteiger partial charge in [-0.05, 0) is 38.6 Å².